The van der Waals surface area contributed by atoms with Crippen molar-refractivity contribution < 1.29 is 0 Å². The molecule has 1 saturated heterocycles. The summed E-state index contributed by atoms with van der Waals surface area (Å²) >= 11 is 2.39. The average molecular weight is 288 g/mol. The summed E-state index contributed by atoms with van der Waals surface area (Å²) in [5.74, 6) is 1.18. The molecule has 0 bridgehead atoms. The van der Waals surface area contributed by atoms with E-state index in [-0.39, 0.29) is 0 Å². The third kappa shape index (κ3) is 1.80. The number of anilines is 1. The van der Waals surface area contributed by atoms with E-state index >= 15 is 0 Å². The van der Waals surface area contributed by atoms with Crippen LogP contribution in [-0.4, -0.2) is 18.1 Å². The van der Waals surface area contributed by atoms with Gasteiger partial charge in [0.2, 0.25) is 0 Å². The molecule has 0 spiro atoms. The fourth-order valence-corrected chi connectivity index (χ4v) is 2.34. The van der Waals surface area contributed by atoms with E-state index < -0.39 is 0 Å². The van der Waals surface area contributed by atoms with Crippen molar-refractivity contribution in [2.24, 2.45) is 0 Å². The molecule has 70 valence electrons. The van der Waals surface area contributed by atoms with Crippen LogP contribution in [0.3, 0.4) is 0 Å². The lowest BCUT2D eigenvalue weighted by atomic mass is 10.3. The normalized spacial score (nSPS) is 16.6. The summed E-state index contributed by atoms with van der Waals surface area (Å²) in [4.78, 5) is 6.82. The van der Waals surface area contributed by atoms with Gasteiger partial charge in [0.25, 0.3) is 0 Å². The molecule has 3 heteroatoms. The maximum absolute atomic E-state index is 4.44. The monoisotopic (exact) mass is 288 g/mol. The maximum atomic E-state index is 4.44. The summed E-state index contributed by atoms with van der Waals surface area (Å²) in [6.07, 6.45) is 4.53. The third-order valence-electron chi connectivity index (χ3n) is 2.47. The number of nitrogens with zero attached hydrogens (tertiary/aromatic N) is 2. The Bertz CT molecular complexity index is 306. The quantitative estimate of drug-likeness (QED) is 0.738. The average Bonchev–Trinajstić information content (AvgIpc) is 2.62. The van der Waals surface area contributed by atoms with Crippen LogP contribution in [-0.2, 0) is 0 Å². The van der Waals surface area contributed by atoms with Crippen molar-refractivity contribution in [3.8, 4) is 0 Å². The van der Waals surface area contributed by atoms with Crippen LogP contribution >= 0.6 is 22.6 Å². The minimum Gasteiger partial charge on any atom is -0.356 e. The molecular formula is C10H13IN2. The highest BCUT2D eigenvalue weighted by atomic mass is 127. The molecule has 0 radical (unpaired) electrons. The third-order valence-corrected chi connectivity index (χ3v) is 3.80. The van der Waals surface area contributed by atoms with Crippen LogP contribution in [0.5, 0.6) is 0 Å². The molecule has 2 rings (SSSR count). The smallest absolute Gasteiger partial charge is 0.142 e. The van der Waals surface area contributed by atoms with Gasteiger partial charge in [0.15, 0.2) is 0 Å². The summed E-state index contributed by atoms with van der Waals surface area (Å²) in [6, 6.07) is 2.07. The minimum atomic E-state index is 1.17. The number of hydrogen-bond acceptors (Lipinski definition) is 2. The second-order valence-corrected chi connectivity index (χ2v) is 4.54. The molecule has 0 saturated carbocycles. The van der Waals surface area contributed by atoms with E-state index in [0.29, 0.717) is 0 Å². The van der Waals surface area contributed by atoms with Gasteiger partial charge in [-0.1, -0.05) is 0 Å². The van der Waals surface area contributed by atoms with Gasteiger partial charge in [-0.25, -0.2) is 4.98 Å². The van der Waals surface area contributed by atoms with E-state index in [0.717, 1.165) is 0 Å². The molecule has 0 N–H and O–H groups in total. The van der Waals surface area contributed by atoms with Gasteiger partial charge >= 0.3 is 0 Å². The van der Waals surface area contributed by atoms with Crippen LogP contribution in [0.15, 0.2) is 12.3 Å². The lowest BCUT2D eigenvalue weighted by molar-refractivity contribution is 0.929. The summed E-state index contributed by atoms with van der Waals surface area (Å²) in [5.41, 5.74) is 1.33. The molecule has 2 heterocycles. The molecule has 0 unspecified atom stereocenters. The summed E-state index contributed by atoms with van der Waals surface area (Å²) < 4.78 is 1.31. The zero-order chi connectivity index (χ0) is 9.26. The molecule has 0 atom stereocenters. The molecule has 1 aromatic heterocycles. The van der Waals surface area contributed by atoms with Crippen LogP contribution in [0.4, 0.5) is 5.82 Å². The van der Waals surface area contributed by atoms with Gasteiger partial charge in [0, 0.05) is 19.3 Å². The van der Waals surface area contributed by atoms with Crippen molar-refractivity contribution in [1.82, 2.24) is 4.98 Å². The molecular weight excluding hydrogens is 275 g/mol. The van der Waals surface area contributed by atoms with Crippen LogP contribution in [0.25, 0.3) is 0 Å². The first kappa shape index (κ1) is 9.24. The fourth-order valence-electron chi connectivity index (χ4n) is 1.68. The number of hydrogen-bond donors (Lipinski definition) is 0. The summed E-state index contributed by atoms with van der Waals surface area (Å²) in [5, 5.41) is 0. The molecule has 2 nitrogen and oxygen atoms in total. The Morgan fingerprint density at radius 2 is 2.08 bits per heavy atom. The van der Waals surface area contributed by atoms with Crippen LogP contribution < -0.4 is 4.90 Å². The molecule has 0 aliphatic carbocycles. The predicted molar refractivity (Wildman–Crippen MR) is 63.1 cm³/mol. The topological polar surface area (TPSA) is 16.1 Å². The number of aryl methyl sites for hydroxylation is 1. The van der Waals surface area contributed by atoms with Gasteiger partial charge in [-0.05, 0) is 54.0 Å². The molecule has 1 aliphatic heterocycles. The van der Waals surface area contributed by atoms with Gasteiger partial charge < -0.3 is 4.90 Å². The largest absolute Gasteiger partial charge is 0.356 e. The van der Waals surface area contributed by atoms with E-state index in [1.165, 1.54) is 40.9 Å². The van der Waals surface area contributed by atoms with Crippen LogP contribution in [0.1, 0.15) is 18.4 Å². The second-order valence-electron chi connectivity index (χ2n) is 3.46. The van der Waals surface area contributed by atoms with E-state index in [1.807, 2.05) is 6.20 Å². The first-order chi connectivity index (χ1) is 6.29. The van der Waals surface area contributed by atoms with Crippen molar-refractivity contribution in [3.63, 3.8) is 0 Å². The number of pyridine rings is 1. The minimum absolute atomic E-state index is 1.17. The zero-order valence-corrected chi connectivity index (χ0v) is 9.91. The van der Waals surface area contributed by atoms with Crippen molar-refractivity contribution >= 4 is 28.4 Å². The van der Waals surface area contributed by atoms with Crippen molar-refractivity contribution in [3.05, 3.63) is 21.4 Å². The van der Waals surface area contributed by atoms with E-state index in [2.05, 4.69) is 45.5 Å². The Balaban J connectivity index is 2.33. The molecule has 1 aliphatic rings. The Hall–Kier alpha value is -0.320. The molecule has 1 aromatic rings. The standard InChI is InChI=1S/C10H13IN2/c1-8-4-5-12-10(9(8)11)13-6-2-3-7-13/h4-5H,2-3,6-7H2,1H3. The van der Waals surface area contributed by atoms with Gasteiger partial charge in [0.05, 0.1) is 3.57 Å². The molecule has 1 fully saturated rings. The Labute approximate surface area is 92.5 Å². The van der Waals surface area contributed by atoms with E-state index in [1.54, 1.807) is 0 Å². The van der Waals surface area contributed by atoms with E-state index in [4.69, 9.17) is 0 Å². The molecule has 13 heavy (non-hydrogen) atoms. The van der Waals surface area contributed by atoms with Gasteiger partial charge in [-0.2, -0.15) is 0 Å². The lowest BCUT2D eigenvalue weighted by Crippen LogP contribution is -2.20. The highest BCUT2D eigenvalue weighted by molar-refractivity contribution is 14.1. The SMILES string of the molecule is Cc1ccnc(N2CCCC2)c1I. The van der Waals surface area contributed by atoms with E-state index in [9.17, 15) is 0 Å². The first-order valence-electron chi connectivity index (χ1n) is 4.65. The number of rotatable bonds is 1. The molecule has 0 amide bonds. The molecule has 0 aromatic carbocycles. The summed E-state index contributed by atoms with van der Waals surface area (Å²) in [7, 11) is 0. The predicted octanol–water partition coefficient (Wildman–Crippen LogP) is 2.59. The number of aromatic nitrogens is 1. The lowest BCUT2D eigenvalue weighted by Gasteiger charge is -2.18. The highest BCUT2D eigenvalue weighted by Gasteiger charge is 2.16. The maximum Gasteiger partial charge on any atom is 0.142 e. The Morgan fingerprint density at radius 3 is 2.77 bits per heavy atom. The second kappa shape index (κ2) is 3.82. The van der Waals surface area contributed by atoms with Crippen molar-refractivity contribution in [2.75, 3.05) is 18.0 Å². The Morgan fingerprint density at radius 1 is 1.38 bits per heavy atom. The van der Waals surface area contributed by atoms with Gasteiger partial charge in [-0.3, -0.25) is 0 Å². The van der Waals surface area contributed by atoms with Crippen LogP contribution in [0, 0.1) is 10.5 Å². The first-order valence-corrected chi connectivity index (χ1v) is 5.73. The fraction of sp³-hybridized carbons (Fsp3) is 0.500. The number of halogens is 1. The zero-order valence-electron chi connectivity index (χ0n) is 7.76. The highest BCUT2D eigenvalue weighted by Crippen LogP contribution is 2.25. The Kier molecular flexibility index (Phi) is 2.71. The van der Waals surface area contributed by atoms with Gasteiger partial charge in [-0.15, -0.1) is 0 Å². The summed E-state index contributed by atoms with van der Waals surface area (Å²) in [6.45, 7) is 4.49. The van der Waals surface area contributed by atoms with Crippen molar-refractivity contribution in [1.29, 1.82) is 0 Å². The van der Waals surface area contributed by atoms with Crippen molar-refractivity contribution in [2.45, 2.75) is 19.8 Å². The van der Waals surface area contributed by atoms with Crippen LogP contribution in [0.2, 0.25) is 0 Å². The van der Waals surface area contributed by atoms with Gasteiger partial charge in [0.1, 0.15) is 5.82 Å².